The number of carbonyl (C=O) groups is 2. The molecule has 0 heterocycles. The van der Waals surface area contributed by atoms with Gasteiger partial charge in [-0.25, -0.2) is 4.79 Å². The van der Waals surface area contributed by atoms with Crippen molar-refractivity contribution >= 4 is 11.9 Å². The maximum absolute atomic E-state index is 12.0. The van der Waals surface area contributed by atoms with Crippen molar-refractivity contribution in [1.82, 2.24) is 5.32 Å². The molecule has 1 aliphatic rings. The maximum atomic E-state index is 12.0. The highest BCUT2D eigenvalue weighted by atomic mass is 16.4. The molecule has 1 amide bonds. The standard InChI is InChI=1S/C17H23NO3/c1-2-17(9-3-4-10-17)12-18-15(19)11-13-5-7-14(8-6-13)16(20)21/h5-8H,2-4,9-12H2,1H3,(H,18,19)(H,20,21). The van der Waals surface area contributed by atoms with E-state index in [9.17, 15) is 9.59 Å². The smallest absolute Gasteiger partial charge is 0.335 e. The van der Waals surface area contributed by atoms with Crippen molar-refractivity contribution in [2.45, 2.75) is 45.4 Å². The number of carboxylic acid groups (broad SMARTS) is 1. The number of nitrogens with one attached hydrogen (secondary N) is 1. The van der Waals surface area contributed by atoms with E-state index in [0.29, 0.717) is 11.8 Å². The number of aromatic carboxylic acids is 1. The zero-order chi connectivity index (χ0) is 15.3. The van der Waals surface area contributed by atoms with E-state index in [1.807, 2.05) is 0 Å². The molecule has 1 aromatic rings. The molecule has 0 spiro atoms. The number of carbonyl (C=O) groups excluding carboxylic acids is 1. The van der Waals surface area contributed by atoms with Crippen molar-refractivity contribution in [1.29, 1.82) is 0 Å². The van der Waals surface area contributed by atoms with E-state index in [0.717, 1.165) is 18.5 Å². The Kier molecular flexibility index (Phi) is 4.99. The summed E-state index contributed by atoms with van der Waals surface area (Å²) in [5, 5.41) is 11.9. The van der Waals surface area contributed by atoms with Crippen molar-refractivity contribution in [3.8, 4) is 0 Å². The topological polar surface area (TPSA) is 66.4 Å². The first-order chi connectivity index (χ1) is 10.0. The first-order valence-electron chi connectivity index (χ1n) is 7.64. The minimum Gasteiger partial charge on any atom is -0.478 e. The fourth-order valence-electron chi connectivity index (χ4n) is 3.08. The van der Waals surface area contributed by atoms with Crippen molar-refractivity contribution in [2.24, 2.45) is 5.41 Å². The van der Waals surface area contributed by atoms with Gasteiger partial charge >= 0.3 is 5.97 Å². The quantitative estimate of drug-likeness (QED) is 0.846. The van der Waals surface area contributed by atoms with Gasteiger partial charge in [0.1, 0.15) is 0 Å². The second kappa shape index (κ2) is 6.74. The Balaban J connectivity index is 1.85. The lowest BCUT2D eigenvalue weighted by Crippen LogP contribution is -2.36. The summed E-state index contributed by atoms with van der Waals surface area (Å²) in [4.78, 5) is 22.8. The Morgan fingerprint density at radius 3 is 2.33 bits per heavy atom. The highest BCUT2D eigenvalue weighted by molar-refractivity contribution is 5.87. The lowest BCUT2D eigenvalue weighted by atomic mass is 9.83. The van der Waals surface area contributed by atoms with Gasteiger partial charge in [-0.05, 0) is 42.4 Å². The second-order valence-corrected chi connectivity index (χ2v) is 6.02. The summed E-state index contributed by atoms with van der Waals surface area (Å²) in [5.74, 6) is -0.935. The van der Waals surface area contributed by atoms with Gasteiger partial charge in [0.2, 0.25) is 5.91 Å². The summed E-state index contributed by atoms with van der Waals surface area (Å²) in [6, 6.07) is 6.48. The van der Waals surface area contributed by atoms with E-state index < -0.39 is 5.97 Å². The van der Waals surface area contributed by atoms with Crippen LogP contribution in [-0.4, -0.2) is 23.5 Å². The van der Waals surface area contributed by atoms with Crippen LogP contribution in [0.3, 0.4) is 0 Å². The predicted molar refractivity (Wildman–Crippen MR) is 81.3 cm³/mol. The van der Waals surface area contributed by atoms with Crippen molar-refractivity contribution in [2.75, 3.05) is 6.54 Å². The third-order valence-electron chi connectivity index (χ3n) is 4.64. The average Bonchev–Trinajstić information content (AvgIpc) is 2.95. The largest absolute Gasteiger partial charge is 0.478 e. The molecule has 0 atom stereocenters. The van der Waals surface area contributed by atoms with E-state index in [1.54, 1.807) is 12.1 Å². The first-order valence-corrected chi connectivity index (χ1v) is 7.64. The molecule has 114 valence electrons. The maximum Gasteiger partial charge on any atom is 0.335 e. The highest BCUT2D eigenvalue weighted by Crippen LogP contribution is 2.40. The molecule has 1 saturated carbocycles. The van der Waals surface area contributed by atoms with Crippen LogP contribution in [0.25, 0.3) is 0 Å². The summed E-state index contributed by atoms with van der Waals surface area (Å²) >= 11 is 0. The Morgan fingerprint density at radius 2 is 1.81 bits per heavy atom. The molecule has 2 N–H and O–H groups in total. The second-order valence-electron chi connectivity index (χ2n) is 6.02. The Hall–Kier alpha value is -1.84. The zero-order valence-corrected chi connectivity index (χ0v) is 12.5. The summed E-state index contributed by atoms with van der Waals surface area (Å²) in [5.41, 5.74) is 1.38. The molecule has 1 aromatic carbocycles. The average molecular weight is 289 g/mol. The van der Waals surface area contributed by atoms with Gasteiger partial charge in [-0.3, -0.25) is 4.79 Å². The first kappa shape index (κ1) is 15.5. The van der Waals surface area contributed by atoms with Crippen LogP contribution in [0.1, 0.15) is 54.9 Å². The lowest BCUT2D eigenvalue weighted by molar-refractivity contribution is -0.121. The van der Waals surface area contributed by atoms with Crippen LogP contribution in [0, 0.1) is 5.41 Å². The van der Waals surface area contributed by atoms with Gasteiger partial charge in [-0.2, -0.15) is 0 Å². The molecule has 0 unspecified atom stereocenters. The summed E-state index contributed by atoms with van der Waals surface area (Å²) < 4.78 is 0. The van der Waals surface area contributed by atoms with Gasteiger partial charge in [0.15, 0.2) is 0 Å². The normalized spacial score (nSPS) is 16.6. The molecular weight excluding hydrogens is 266 g/mol. The van der Waals surface area contributed by atoms with Gasteiger partial charge in [-0.15, -0.1) is 0 Å². The fourth-order valence-corrected chi connectivity index (χ4v) is 3.08. The molecule has 0 aromatic heterocycles. The van der Waals surface area contributed by atoms with E-state index in [1.165, 1.54) is 37.8 Å². The third-order valence-corrected chi connectivity index (χ3v) is 4.64. The number of rotatable bonds is 6. The summed E-state index contributed by atoms with van der Waals surface area (Å²) in [7, 11) is 0. The molecule has 4 heteroatoms. The minimum atomic E-state index is -0.947. The van der Waals surface area contributed by atoms with Crippen LogP contribution in [-0.2, 0) is 11.2 Å². The predicted octanol–water partition coefficient (Wildman–Crippen LogP) is 3.01. The minimum absolute atomic E-state index is 0.0119. The Labute approximate surface area is 125 Å². The van der Waals surface area contributed by atoms with Crippen LogP contribution in [0.15, 0.2) is 24.3 Å². The molecule has 4 nitrogen and oxygen atoms in total. The van der Waals surface area contributed by atoms with Gasteiger partial charge in [-0.1, -0.05) is 31.9 Å². The Morgan fingerprint density at radius 1 is 1.19 bits per heavy atom. The van der Waals surface area contributed by atoms with E-state index in [4.69, 9.17) is 5.11 Å². The number of hydrogen-bond acceptors (Lipinski definition) is 2. The summed E-state index contributed by atoms with van der Waals surface area (Å²) in [6.45, 7) is 2.96. The molecule has 1 aliphatic carbocycles. The van der Waals surface area contributed by atoms with Gasteiger partial charge in [0, 0.05) is 6.54 Å². The molecule has 21 heavy (non-hydrogen) atoms. The van der Waals surface area contributed by atoms with E-state index >= 15 is 0 Å². The van der Waals surface area contributed by atoms with Crippen molar-refractivity contribution in [3.05, 3.63) is 35.4 Å². The van der Waals surface area contributed by atoms with E-state index in [-0.39, 0.29) is 11.5 Å². The number of hydrogen-bond donors (Lipinski definition) is 2. The van der Waals surface area contributed by atoms with E-state index in [2.05, 4.69) is 12.2 Å². The molecule has 0 bridgehead atoms. The van der Waals surface area contributed by atoms with Crippen LogP contribution >= 0.6 is 0 Å². The molecule has 0 aliphatic heterocycles. The fraction of sp³-hybridized carbons (Fsp3) is 0.529. The third kappa shape index (κ3) is 4.06. The Bertz CT molecular complexity index is 501. The molecule has 0 radical (unpaired) electrons. The van der Waals surface area contributed by atoms with Crippen LogP contribution < -0.4 is 5.32 Å². The zero-order valence-electron chi connectivity index (χ0n) is 12.5. The van der Waals surface area contributed by atoms with Crippen molar-refractivity contribution < 1.29 is 14.7 Å². The van der Waals surface area contributed by atoms with Gasteiger partial charge < -0.3 is 10.4 Å². The SMILES string of the molecule is CCC1(CNC(=O)Cc2ccc(C(=O)O)cc2)CCCC1. The molecule has 1 fully saturated rings. The number of amides is 1. The lowest BCUT2D eigenvalue weighted by Gasteiger charge is -2.27. The van der Waals surface area contributed by atoms with Crippen LogP contribution in [0.4, 0.5) is 0 Å². The molecule has 2 rings (SSSR count). The van der Waals surface area contributed by atoms with Crippen LogP contribution in [0.5, 0.6) is 0 Å². The van der Waals surface area contributed by atoms with Crippen LogP contribution in [0.2, 0.25) is 0 Å². The number of benzene rings is 1. The molecular formula is C17H23NO3. The summed E-state index contributed by atoms with van der Waals surface area (Å²) in [6.07, 6.45) is 6.36. The number of carboxylic acids is 1. The van der Waals surface area contributed by atoms with Gasteiger partial charge in [0.05, 0.1) is 12.0 Å². The molecule has 0 saturated heterocycles. The van der Waals surface area contributed by atoms with Crippen molar-refractivity contribution in [3.63, 3.8) is 0 Å². The monoisotopic (exact) mass is 289 g/mol. The van der Waals surface area contributed by atoms with Gasteiger partial charge in [0.25, 0.3) is 0 Å². The highest BCUT2D eigenvalue weighted by Gasteiger charge is 2.32.